The second kappa shape index (κ2) is 6.31. The fourth-order valence-electron chi connectivity index (χ4n) is 4.02. The van der Waals surface area contributed by atoms with Crippen molar-refractivity contribution in [1.29, 1.82) is 0 Å². The van der Waals surface area contributed by atoms with E-state index >= 15 is 0 Å². The molecule has 0 bridgehead atoms. The molecule has 7 nitrogen and oxygen atoms in total. The van der Waals surface area contributed by atoms with Gasteiger partial charge in [-0.15, -0.1) is 0 Å². The van der Waals surface area contributed by atoms with Crippen LogP contribution < -0.4 is 10.6 Å². The number of nitrogens with zero attached hydrogens (tertiary/aromatic N) is 4. The monoisotopic (exact) mass is 319 g/mol. The molecule has 0 radical (unpaired) electrons. The zero-order chi connectivity index (χ0) is 16.4. The Morgan fingerprint density at radius 3 is 2.78 bits per heavy atom. The molecule has 2 fully saturated rings. The van der Waals surface area contributed by atoms with Crippen LogP contribution in [0.15, 0.2) is 12.4 Å². The number of carboxylic acid groups (broad SMARTS) is 1. The van der Waals surface area contributed by atoms with Gasteiger partial charge in [0.1, 0.15) is 24.0 Å². The molecule has 1 aromatic heterocycles. The Balaban J connectivity index is 1.67. The molecule has 1 spiro atoms. The Labute approximate surface area is 136 Å². The molecule has 126 valence electrons. The Kier molecular flexibility index (Phi) is 4.39. The van der Waals surface area contributed by atoms with Crippen LogP contribution in [0.2, 0.25) is 0 Å². The van der Waals surface area contributed by atoms with Gasteiger partial charge in [0.2, 0.25) is 0 Å². The topological polar surface area (TPSA) is 95.6 Å². The Morgan fingerprint density at radius 2 is 2.17 bits per heavy atom. The minimum atomic E-state index is -0.679. The van der Waals surface area contributed by atoms with Crippen molar-refractivity contribution >= 4 is 17.6 Å². The molecule has 0 amide bonds. The first-order chi connectivity index (χ1) is 11.0. The number of piperidine rings is 1. The Bertz CT molecular complexity index is 571. The Hall–Kier alpha value is -1.89. The number of anilines is 2. The molecule has 3 rings (SSSR count). The molecule has 2 aliphatic heterocycles. The van der Waals surface area contributed by atoms with Crippen LogP contribution in [0.1, 0.15) is 32.6 Å². The molecule has 1 unspecified atom stereocenters. The lowest BCUT2D eigenvalue weighted by atomic mass is 9.76. The van der Waals surface area contributed by atoms with Crippen molar-refractivity contribution in [2.24, 2.45) is 5.41 Å². The minimum absolute atomic E-state index is 0.132. The van der Waals surface area contributed by atoms with Crippen molar-refractivity contribution in [3.8, 4) is 0 Å². The fourth-order valence-corrected chi connectivity index (χ4v) is 4.02. The largest absolute Gasteiger partial charge is 0.480 e. The molecule has 0 aromatic carbocycles. The van der Waals surface area contributed by atoms with E-state index in [0.29, 0.717) is 5.82 Å². The zero-order valence-electron chi connectivity index (χ0n) is 13.6. The quantitative estimate of drug-likeness (QED) is 0.861. The van der Waals surface area contributed by atoms with Gasteiger partial charge in [0, 0.05) is 25.7 Å². The second-order valence-corrected chi connectivity index (χ2v) is 6.82. The molecule has 2 saturated heterocycles. The molecule has 3 N–H and O–H groups in total. The number of hydrogen-bond acceptors (Lipinski definition) is 6. The van der Waals surface area contributed by atoms with Crippen molar-refractivity contribution in [3.63, 3.8) is 0 Å². The predicted octanol–water partition coefficient (Wildman–Crippen LogP) is 1.21. The van der Waals surface area contributed by atoms with Gasteiger partial charge in [-0.3, -0.25) is 9.69 Å². The lowest BCUT2D eigenvalue weighted by Crippen LogP contribution is -2.42. The molecule has 0 aliphatic carbocycles. The third kappa shape index (κ3) is 3.24. The van der Waals surface area contributed by atoms with E-state index in [4.69, 9.17) is 5.73 Å². The van der Waals surface area contributed by atoms with Crippen molar-refractivity contribution in [2.45, 2.75) is 38.6 Å². The molecule has 1 atom stereocenters. The van der Waals surface area contributed by atoms with Gasteiger partial charge in [0.25, 0.3) is 0 Å². The van der Waals surface area contributed by atoms with Crippen LogP contribution in [-0.4, -0.2) is 58.2 Å². The lowest BCUT2D eigenvalue weighted by molar-refractivity contribution is -0.142. The second-order valence-electron chi connectivity index (χ2n) is 6.82. The average Bonchev–Trinajstić information content (AvgIpc) is 2.87. The van der Waals surface area contributed by atoms with Crippen LogP contribution in [0.4, 0.5) is 11.6 Å². The summed E-state index contributed by atoms with van der Waals surface area (Å²) >= 11 is 0. The molecule has 0 saturated carbocycles. The van der Waals surface area contributed by atoms with Gasteiger partial charge in [-0.25, -0.2) is 9.97 Å². The first-order valence-electron chi connectivity index (χ1n) is 8.32. The van der Waals surface area contributed by atoms with Crippen molar-refractivity contribution in [3.05, 3.63) is 12.4 Å². The smallest absolute Gasteiger partial charge is 0.320 e. The van der Waals surface area contributed by atoms with Crippen LogP contribution in [0.25, 0.3) is 0 Å². The van der Waals surface area contributed by atoms with Crippen LogP contribution in [0, 0.1) is 5.41 Å². The number of likely N-dealkylation sites (tertiary alicyclic amines) is 1. The summed E-state index contributed by atoms with van der Waals surface area (Å²) in [5, 5.41) is 9.50. The molecule has 2 aliphatic rings. The maximum Gasteiger partial charge on any atom is 0.320 e. The Morgan fingerprint density at radius 1 is 1.43 bits per heavy atom. The summed E-state index contributed by atoms with van der Waals surface area (Å²) in [6.45, 7) is 5.65. The fraction of sp³-hybridized carbons (Fsp3) is 0.688. The van der Waals surface area contributed by atoms with Crippen molar-refractivity contribution < 1.29 is 9.90 Å². The summed E-state index contributed by atoms with van der Waals surface area (Å²) in [5.41, 5.74) is 5.87. The number of rotatable bonds is 4. The lowest BCUT2D eigenvalue weighted by Gasteiger charge is -2.39. The molecular weight excluding hydrogens is 294 g/mol. The van der Waals surface area contributed by atoms with Gasteiger partial charge >= 0.3 is 5.97 Å². The average molecular weight is 319 g/mol. The highest BCUT2D eigenvalue weighted by atomic mass is 16.4. The van der Waals surface area contributed by atoms with E-state index in [1.807, 2.05) is 0 Å². The highest BCUT2D eigenvalue weighted by Crippen LogP contribution is 2.44. The van der Waals surface area contributed by atoms with Crippen LogP contribution in [-0.2, 0) is 4.79 Å². The molecule has 3 heterocycles. The first kappa shape index (κ1) is 16.0. The zero-order valence-corrected chi connectivity index (χ0v) is 13.6. The number of carboxylic acids is 1. The van der Waals surface area contributed by atoms with E-state index in [0.717, 1.165) is 57.7 Å². The van der Waals surface area contributed by atoms with Crippen LogP contribution in [0.3, 0.4) is 0 Å². The third-order valence-corrected chi connectivity index (χ3v) is 5.22. The van der Waals surface area contributed by atoms with Gasteiger partial charge in [0.15, 0.2) is 0 Å². The first-order valence-corrected chi connectivity index (χ1v) is 8.32. The van der Waals surface area contributed by atoms with Gasteiger partial charge < -0.3 is 15.7 Å². The van der Waals surface area contributed by atoms with E-state index in [1.54, 1.807) is 6.07 Å². The molecule has 23 heavy (non-hydrogen) atoms. The van der Waals surface area contributed by atoms with E-state index < -0.39 is 5.97 Å². The summed E-state index contributed by atoms with van der Waals surface area (Å²) in [6, 6.07) is 1.48. The van der Waals surface area contributed by atoms with Crippen LogP contribution in [0.5, 0.6) is 0 Å². The van der Waals surface area contributed by atoms with E-state index in [1.165, 1.54) is 6.33 Å². The van der Waals surface area contributed by atoms with Crippen molar-refractivity contribution in [2.75, 3.05) is 36.8 Å². The highest BCUT2D eigenvalue weighted by Gasteiger charge is 2.47. The van der Waals surface area contributed by atoms with Gasteiger partial charge in [-0.1, -0.05) is 6.92 Å². The number of nitrogen functional groups attached to an aromatic ring is 1. The number of aromatic nitrogens is 2. The predicted molar refractivity (Wildman–Crippen MR) is 88.2 cm³/mol. The summed E-state index contributed by atoms with van der Waals surface area (Å²) in [4.78, 5) is 24.2. The third-order valence-electron chi connectivity index (χ3n) is 5.22. The standard InChI is InChI=1S/C16H25N5O2/c1-2-5-21-10-16(9-12(21)15(22)23)3-6-20(7-4-16)14-8-13(17)18-11-19-14/h8,11-12H,2-7,9-10H2,1H3,(H,22,23)(H2,17,18,19). The highest BCUT2D eigenvalue weighted by molar-refractivity contribution is 5.74. The van der Waals surface area contributed by atoms with E-state index in [-0.39, 0.29) is 11.5 Å². The van der Waals surface area contributed by atoms with E-state index in [2.05, 4.69) is 26.7 Å². The van der Waals surface area contributed by atoms with Gasteiger partial charge in [-0.05, 0) is 37.6 Å². The van der Waals surface area contributed by atoms with E-state index in [9.17, 15) is 9.90 Å². The molecule has 7 heteroatoms. The number of nitrogens with two attached hydrogens (primary N) is 1. The normalized spacial score (nSPS) is 24.2. The van der Waals surface area contributed by atoms with Gasteiger partial charge in [-0.2, -0.15) is 0 Å². The molecule has 1 aromatic rings. The van der Waals surface area contributed by atoms with Crippen molar-refractivity contribution in [1.82, 2.24) is 14.9 Å². The maximum absolute atomic E-state index is 11.6. The number of carbonyl (C=O) groups is 1. The summed E-state index contributed by atoms with van der Waals surface area (Å²) in [6.07, 6.45) is 5.25. The van der Waals surface area contributed by atoms with Crippen LogP contribution >= 0.6 is 0 Å². The summed E-state index contributed by atoms with van der Waals surface area (Å²) in [5.74, 6) is 0.670. The van der Waals surface area contributed by atoms with Gasteiger partial charge in [0.05, 0.1) is 0 Å². The SMILES string of the molecule is CCCN1CC2(CCN(c3cc(N)ncn3)CC2)CC1C(=O)O. The summed E-state index contributed by atoms with van der Waals surface area (Å²) in [7, 11) is 0. The molecular formula is C16H25N5O2. The number of hydrogen-bond donors (Lipinski definition) is 2. The number of aliphatic carboxylic acids is 1. The maximum atomic E-state index is 11.6. The summed E-state index contributed by atoms with van der Waals surface area (Å²) < 4.78 is 0. The minimum Gasteiger partial charge on any atom is -0.480 e.